The van der Waals surface area contributed by atoms with Crippen LogP contribution in [0.15, 0.2) is 47.1 Å². The highest BCUT2D eigenvalue weighted by atomic mass is 16.5. The summed E-state index contributed by atoms with van der Waals surface area (Å²) in [6.07, 6.45) is 0.476. The van der Waals surface area contributed by atoms with Crippen LogP contribution in [0.1, 0.15) is 36.4 Å². The molecule has 2 aromatic rings. The lowest BCUT2D eigenvalue weighted by Crippen LogP contribution is -2.33. The summed E-state index contributed by atoms with van der Waals surface area (Å²) in [6, 6.07) is 10.1. The van der Waals surface area contributed by atoms with Gasteiger partial charge in [0.1, 0.15) is 5.76 Å². The van der Waals surface area contributed by atoms with E-state index in [0.717, 1.165) is 0 Å². The number of ether oxygens (including phenoxy) is 1. The Morgan fingerprint density at radius 3 is 2.69 bits per heavy atom. The molecule has 8 heteroatoms. The Bertz CT molecular complexity index is 921. The van der Waals surface area contributed by atoms with Gasteiger partial charge in [0, 0.05) is 18.5 Å². The minimum Gasteiger partial charge on any atom is -0.467 e. The summed E-state index contributed by atoms with van der Waals surface area (Å²) in [5.41, 5.74) is 0.725. The first-order valence-corrected chi connectivity index (χ1v) is 9.26. The topological polar surface area (TPSA) is 106 Å². The predicted molar refractivity (Wildman–Crippen MR) is 103 cm³/mol. The van der Waals surface area contributed by atoms with Gasteiger partial charge in [0.15, 0.2) is 11.9 Å². The van der Waals surface area contributed by atoms with Gasteiger partial charge in [-0.05, 0) is 38.1 Å². The second-order valence-electron chi connectivity index (χ2n) is 6.92. The third-order valence-electron chi connectivity index (χ3n) is 4.70. The SMILES string of the molecule is CC(=O)c1ccccc1NC(=O)[C@H](C)OC(=O)[C@@H]1CC(=O)N(Cc2ccco2)C1. The highest BCUT2D eigenvalue weighted by Gasteiger charge is 2.37. The van der Waals surface area contributed by atoms with Crippen molar-refractivity contribution in [2.45, 2.75) is 32.9 Å². The van der Waals surface area contributed by atoms with E-state index in [0.29, 0.717) is 17.0 Å². The zero-order valence-corrected chi connectivity index (χ0v) is 16.2. The lowest BCUT2D eigenvalue weighted by Gasteiger charge is -2.17. The molecule has 0 aliphatic carbocycles. The van der Waals surface area contributed by atoms with Gasteiger partial charge in [-0.15, -0.1) is 0 Å². The number of furan rings is 1. The molecule has 0 spiro atoms. The van der Waals surface area contributed by atoms with E-state index < -0.39 is 23.9 Å². The number of para-hydroxylation sites is 1. The molecule has 8 nitrogen and oxygen atoms in total. The fourth-order valence-corrected chi connectivity index (χ4v) is 3.13. The first-order valence-electron chi connectivity index (χ1n) is 9.26. The highest BCUT2D eigenvalue weighted by Crippen LogP contribution is 2.22. The van der Waals surface area contributed by atoms with Crippen molar-refractivity contribution in [3.05, 3.63) is 54.0 Å². The predicted octanol–water partition coefficient (Wildman–Crippen LogP) is 2.40. The van der Waals surface area contributed by atoms with Gasteiger partial charge in [-0.2, -0.15) is 0 Å². The quantitative estimate of drug-likeness (QED) is 0.567. The van der Waals surface area contributed by atoms with Crippen molar-refractivity contribution in [2.24, 2.45) is 5.92 Å². The summed E-state index contributed by atoms with van der Waals surface area (Å²) in [5.74, 6) is -1.53. The minimum atomic E-state index is -1.07. The van der Waals surface area contributed by atoms with E-state index in [1.54, 1.807) is 36.4 Å². The first-order chi connectivity index (χ1) is 13.8. The molecule has 2 amide bonds. The zero-order valence-electron chi connectivity index (χ0n) is 16.2. The molecule has 0 saturated carbocycles. The van der Waals surface area contributed by atoms with Gasteiger partial charge in [0.2, 0.25) is 5.91 Å². The van der Waals surface area contributed by atoms with Crippen LogP contribution in [0, 0.1) is 5.92 Å². The van der Waals surface area contributed by atoms with Crippen molar-refractivity contribution in [2.75, 3.05) is 11.9 Å². The zero-order chi connectivity index (χ0) is 21.0. The van der Waals surface area contributed by atoms with Crippen LogP contribution in [0.25, 0.3) is 0 Å². The summed E-state index contributed by atoms with van der Waals surface area (Å²) >= 11 is 0. The van der Waals surface area contributed by atoms with Crippen LogP contribution < -0.4 is 5.32 Å². The van der Waals surface area contributed by atoms with Crippen LogP contribution in [0.4, 0.5) is 5.69 Å². The van der Waals surface area contributed by atoms with Crippen molar-refractivity contribution in [1.82, 2.24) is 4.90 Å². The average Bonchev–Trinajstić information content (AvgIpc) is 3.32. The van der Waals surface area contributed by atoms with Crippen LogP contribution >= 0.6 is 0 Å². The maximum Gasteiger partial charge on any atom is 0.312 e. The maximum absolute atomic E-state index is 12.4. The number of amides is 2. The Morgan fingerprint density at radius 2 is 2.00 bits per heavy atom. The average molecular weight is 398 g/mol. The van der Waals surface area contributed by atoms with E-state index in [1.807, 2.05) is 0 Å². The normalized spacial score (nSPS) is 17.1. The van der Waals surface area contributed by atoms with Crippen molar-refractivity contribution in [3.63, 3.8) is 0 Å². The smallest absolute Gasteiger partial charge is 0.312 e. The Hall–Kier alpha value is -3.42. The monoisotopic (exact) mass is 398 g/mol. The van der Waals surface area contributed by atoms with Gasteiger partial charge in [-0.3, -0.25) is 19.2 Å². The number of anilines is 1. The first kappa shape index (κ1) is 20.3. The van der Waals surface area contributed by atoms with Gasteiger partial charge in [-0.25, -0.2) is 0 Å². The Labute approximate surface area is 167 Å². The molecule has 1 aliphatic heterocycles. The summed E-state index contributed by atoms with van der Waals surface area (Å²) in [7, 11) is 0. The lowest BCUT2D eigenvalue weighted by molar-refractivity contribution is -0.157. The number of benzene rings is 1. The molecule has 1 aromatic carbocycles. The number of Topliss-reactive ketones (excluding diaryl/α,β-unsaturated/α-hetero) is 1. The van der Waals surface area contributed by atoms with Gasteiger partial charge in [0.25, 0.3) is 5.91 Å². The maximum atomic E-state index is 12.4. The molecule has 2 heterocycles. The molecular formula is C21H22N2O6. The second kappa shape index (κ2) is 8.72. The molecule has 1 fully saturated rings. The molecule has 3 rings (SSSR count). The van der Waals surface area contributed by atoms with E-state index in [2.05, 4.69) is 5.32 Å². The van der Waals surface area contributed by atoms with Gasteiger partial charge >= 0.3 is 5.97 Å². The Kier molecular flexibility index (Phi) is 6.11. The third kappa shape index (κ3) is 4.90. The van der Waals surface area contributed by atoms with E-state index in [4.69, 9.17) is 9.15 Å². The molecule has 2 atom stereocenters. The fourth-order valence-electron chi connectivity index (χ4n) is 3.13. The molecule has 29 heavy (non-hydrogen) atoms. The summed E-state index contributed by atoms with van der Waals surface area (Å²) < 4.78 is 10.5. The third-order valence-corrected chi connectivity index (χ3v) is 4.70. The molecule has 1 aromatic heterocycles. The molecule has 1 N–H and O–H groups in total. The van der Waals surface area contributed by atoms with Crippen LogP contribution in [0.2, 0.25) is 0 Å². The number of rotatable bonds is 7. The minimum absolute atomic E-state index is 0.0288. The Balaban J connectivity index is 1.55. The molecular weight excluding hydrogens is 376 g/mol. The van der Waals surface area contributed by atoms with Gasteiger partial charge in [-0.1, -0.05) is 12.1 Å². The molecule has 1 aliphatic rings. The van der Waals surface area contributed by atoms with Crippen molar-refractivity contribution < 1.29 is 28.3 Å². The summed E-state index contributed by atoms with van der Waals surface area (Å²) in [4.78, 5) is 50.1. The molecule has 1 saturated heterocycles. The number of nitrogens with one attached hydrogen (secondary N) is 1. The second-order valence-corrected chi connectivity index (χ2v) is 6.92. The number of hydrogen-bond donors (Lipinski definition) is 1. The van der Waals surface area contributed by atoms with Crippen LogP contribution in [-0.2, 0) is 25.7 Å². The molecule has 0 radical (unpaired) electrons. The van der Waals surface area contributed by atoms with E-state index in [1.165, 1.54) is 25.0 Å². The van der Waals surface area contributed by atoms with E-state index in [9.17, 15) is 19.2 Å². The Morgan fingerprint density at radius 1 is 1.24 bits per heavy atom. The van der Waals surface area contributed by atoms with E-state index in [-0.39, 0.29) is 31.2 Å². The van der Waals surface area contributed by atoms with Crippen molar-refractivity contribution in [1.29, 1.82) is 0 Å². The molecule has 0 unspecified atom stereocenters. The van der Waals surface area contributed by atoms with E-state index >= 15 is 0 Å². The number of esters is 1. The summed E-state index contributed by atoms with van der Waals surface area (Å²) in [6.45, 7) is 3.34. The van der Waals surface area contributed by atoms with Crippen LogP contribution in [0.5, 0.6) is 0 Å². The highest BCUT2D eigenvalue weighted by molar-refractivity contribution is 6.04. The molecule has 0 bridgehead atoms. The molecule has 152 valence electrons. The largest absolute Gasteiger partial charge is 0.467 e. The van der Waals surface area contributed by atoms with Crippen molar-refractivity contribution in [3.8, 4) is 0 Å². The van der Waals surface area contributed by atoms with Crippen LogP contribution in [0.3, 0.4) is 0 Å². The number of hydrogen-bond acceptors (Lipinski definition) is 6. The standard InChI is InChI=1S/C21H22N2O6/c1-13(24)17-7-3-4-8-18(17)22-20(26)14(2)29-21(27)15-10-19(25)23(11-15)12-16-6-5-9-28-16/h3-9,14-15H,10-12H2,1-2H3,(H,22,26)/t14-,15+/m0/s1. The van der Waals surface area contributed by atoms with Gasteiger partial charge in [0.05, 0.1) is 24.4 Å². The van der Waals surface area contributed by atoms with Crippen molar-refractivity contribution >= 4 is 29.3 Å². The number of carbonyl (C=O) groups excluding carboxylic acids is 4. The lowest BCUT2D eigenvalue weighted by atomic mass is 10.1. The number of ketones is 1. The number of likely N-dealkylation sites (tertiary alicyclic amines) is 1. The number of nitrogens with zero attached hydrogens (tertiary/aromatic N) is 1. The van der Waals surface area contributed by atoms with Gasteiger partial charge < -0.3 is 19.4 Å². The summed E-state index contributed by atoms with van der Waals surface area (Å²) in [5, 5.41) is 2.61. The number of carbonyl (C=O) groups is 4. The fraction of sp³-hybridized carbons (Fsp3) is 0.333. The van der Waals surface area contributed by atoms with Crippen LogP contribution in [-0.4, -0.2) is 41.1 Å².